The predicted octanol–water partition coefficient (Wildman–Crippen LogP) is 3.70. The highest BCUT2D eigenvalue weighted by Crippen LogP contribution is 2.24. The molecule has 1 fully saturated rings. The van der Waals surface area contributed by atoms with E-state index < -0.39 is 0 Å². The van der Waals surface area contributed by atoms with Gasteiger partial charge in [-0.25, -0.2) is 9.78 Å². The zero-order valence-corrected chi connectivity index (χ0v) is 16.8. The van der Waals surface area contributed by atoms with Crippen LogP contribution in [0.1, 0.15) is 17.0 Å². The average Bonchev–Trinajstić information content (AvgIpc) is 3.08. The smallest absolute Gasteiger partial charge is 0.321 e. The number of nitrogens with zero attached hydrogens (tertiary/aromatic N) is 4. The average molecular weight is 391 g/mol. The summed E-state index contributed by atoms with van der Waals surface area (Å²) in [6, 6.07) is 11.6. The van der Waals surface area contributed by atoms with Gasteiger partial charge < -0.3 is 14.6 Å². The number of carbonyl (C=O) groups is 1. The zero-order chi connectivity index (χ0) is 20.2. The van der Waals surface area contributed by atoms with Gasteiger partial charge in [0.1, 0.15) is 5.76 Å². The largest absolute Gasteiger partial charge is 0.441 e. The summed E-state index contributed by atoms with van der Waals surface area (Å²) < 4.78 is 5.69. The van der Waals surface area contributed by atoms with Gasteiger partial charge in [-0.1, -0.05) is 6.07 Å². The van der Waals surface area contributed by atoms with Crippen LogP contribution in [-0.4, -0.2) is 52.0 Å². The van der Waals surface area contributed by atoms with Gasteiger partial charge in [0.15, 0.2) is 0 Å². The lowest BCUT2D eigenvalue weighted by Crippen LogP contribution is -2.49. The summed E-state index contributed by atoms with van der Waals surface area (Å²) in [5.74, 6) is 1.37. The molecule has 1 aliphatic heterocycles. The molecule has 0 bridgehead atoms. The van der Waals surface area contributed by atoms with E-state index in [1.54, 1.807) is 0 Å². The molecular formula is C22H25N5O2. The number of piperazine rings is 1. The number of amides is 2. The lowest BCUT2D eigenvalue weighted by molar-refractivity contribution is 0.143. The molecule has 4 rings (SSSR count). The van der Waals surface area contributed by atoms with Crippen molar-refractivity contribution in [1.82, 2.24) is 19.8 Å². The van der Waals surface area contributed by atoms with Crippen LogP contribution in [0.4, 0.5) is 10.5 Å². The van der Waals surface area contributed by atoms with E-state index in [1.165, 1.54) is 5.56 Å². The number of hydrogen-bond donors (Lipinski definition) is 1. The highest BCUT2D eigenvalue weighted by Gasteiger charge is 2.21. The quantitative estimate of drug-likeness (QED) is 0.734. The van der Waals surface area contributed by atoms with E-state index in [0.717, 1.165) is 42.3 Å². The van der Waals surface area contributed by atoms with E-state index in [1.807, 2.05) is 67.5 Å². The Hall–Kier alpha value is -3.19. The van der Waals surface area contributed by atoms with Crippen LogP contribution in [-0.2, 0) is 6.54 Å². The first-order chi connectivity index (χ1) is 14.1. The number of benzene rings is 1. The summed E-state index contributed by atoms with van der Waals surface area (Å²) in [4.78, 5) is 25.4. The fourth-order valence-electron chi connectivity index (χ4n) is 3.38. The lowest BCUT2D eigenvalue weighted by Gasteiger charge is -2.34. The molecule has 0 aliphatic carbocycles. The molecule has 3 heterocycles. The Morgan fingerprint density at radius 1 is 1.10 bits per heavy atom. The Labute approximate surface area is 170 Å². The summed E-state index contributed by atoms with van der Waals surface area (Å²) in [6.45, 7) is 7.81. The first kappa shape index (κ1) is 19.1. The molecule has 0 spiro atoms. The number of oxazole rings is 1. The zero-order valence-electron chi connectivity index (χ0n) is 16.8. The third-order valence-corrected chi connectivity index (χ3v) is 5.20. The minimum absolute atomic E-state index is 0.0783. The van der Waals surface area contributed by atoms with Gasteiger partial charge in [-0.15, -0.1) is 0 Å². The van der Waals surface area contributed by atoms with E-state index in [0.29, 0.717) is 19.0 Å². The Kier molecular flexibility index (Phi) is 5.57. The summed E-state index contributed by atoms with van der Waals surface area (Å²) in [6.07, 6.45) is 3.63. The number of aryl methyl sites for hydroxylation is 2. The standard InChI is InChI=1S/C22H25N5O2/c1-16-17(2)29-21(24-16)19-4-3-5-20(14-19)25-22(28)27-12-10-26(11-13-27)15-18-6-8-23-9-7-18/h3-9,14H,10-13,15H2,1-2H3,(H,25,28). The van der Waals surface area contributed by atoms with Gasteiger partial charge >= 0.3 is 6.03 Å². The highest BCUT2D eigenvalue weighted by atomic mass is 16.4. The molecule has 0 unspecified atom stereocenters. The van der Waals surface area contributed by atoms with Crippen molar-refractivity contribution in [2.45, 2.75) is 20.4 Å². The second-order valence-corrected chi connectivity index (χ2v) is 7.29. The molecule has 1 aliphatic rings. The van der Waals surface area contributed by atoms with Gasteiger partial charge in [-0.3, -0.25) is 9.88 Å². The molecule has 1 N–H and O–H groups in total. The fourth-order valence-corrected chi connectivity index (χ4v) is 3.38. The maximum Gasteiger partial charge on any atom is 0.321 e. The third-order valence-electron chi connectivity index (χ3n) is 5.20. The minimum Gasteiger partial charge on any atom is -0.441 e. The Bertz CT molecular complexity index is 958. The summed E-state index contributed by atoms with van der Waals surface area (Å²) in [5, 5.41) is 3.00. The maximum atomic E-state index is 12.7. The molecule has 1 aromatic carbocycles. The Balaban J connectivity index is 1.34. The third kappa shape index (κ3) is 4.63. The van der Waals surface area contributed by atoms with Gasteiger partial charge in [-0.2, -0.15) is 0 Å². The molecular weight excluding hydrogens is 366 g/mol. The minimum atomic E-state index is -0.0783. The van der Waals surface area contributed by atoms with Crippen molar-refractivity contribution < 1.29 is 9.21 Å². The molecule has 2 aromatic heterocycles. The van der Waals surface area contributed by atoms with E-state index in [9.17, 15) is 4.79 Å². The van der Waals surface area contributed by atoms with E-state index in [2.05, 4.69) is 20.2 Å². The van der Waals surface area contributed by atoms with Crippen LogP contribution in [0, 0.1) is 13.8 Å². The normalized spacial score (nSPS) is 14.8. The second kappa shape index (κ2) is 8.45. The van der Waals surface area contributed by atoms with Crippen LogP contribution in [0.2, 0.25) is 0 Å². The number of nitrogens with one attached hydrogen (secondary N) is 1. The SMILES string of the molecule is Cc1nc(-c2cccc(NC(=O)N3CCN(Cc4ccncc4)CC3)c2)oc1C. The van der Waals surface area contributed by atoms with Crippen molar-refractivity contribution in [3.05, 3.63) is 65.8 Å². The Morgan fingerprint density at radius 2 is 1.86 bits per heavy atom. The molecule has 29 heavy (non-hydrogen) atoms. The topological polar surface area (TPSA) is 74.5 Å². The molecule has 0 saturated carbocycles. The first-order valence-electron chi connectivity index (χ1n) is 9.80. The summed E-state index contributed by atoms with van der Waals surface area (Å²) >= 11 is 0. The van der Waals surface area contributed by atoms with Crippen LogP contribution in [0.15, 0.2) is 53.2 Å². The van der Waals surface area contributed by atoms with Crippen molar-refractivity contribution in [3.63, 3.8) is 0 Å². The van der Waals surface area contributed by atoms with Crippen LogP contribution in [0.5, 0.6) is 0 Å². The summed E-state index contributed by atoms with van der Waals surface area (Å²) in [5.41, 5.74) is 3.70. The number of hydrogen-bond acceptors (Lipinski definition) is 5. The van der Waals surface area contributed by atoms with Crippen molar-refractivity contribution >= 4 is 11.7 Å². The molecule has 150 valence electrons. The number of rotatable bonds is 4. The fraction of sp³-hybridized carbons (Fsp3) is 0.318. The van der Waals surface area contributed by atoms with Gasteiger partial charge in [0.05, 0.1) is 5.69 Å². The van der Waals surface area contributed by atoms with E-state index >= 15 is 0 Å². The first-order valence-corrected chi connectivity index (χ1v) is 9.80. The molecule has 3 aromatic rings. The summed E-state index contributed by atoms with van der Waals surface area (Å²) in [7, 11) is 0. The number of carbonyl (C=O) groups excluding carboxylic acids is 1. The van der Waals surface area contributed by atoms with E-state index in [4.69, 9.17) is 4.42 Å². The van der Waals surface area contributed by atoms with Crippen molar-refractivity contribution in [1.29, 1.82) is 0 Å². The van der Waals surface area contributed by atoms with Crippen LogP contribution in [0.25, 0.3) is 11.5 Å². The van der Waals surface area contributed by atoms with Crippen molar-refractivity contribution in [2.24, 2.45) is 0 Å². The number of urea groups is 1. The highest BCUT2D eigenvalue weighted by molar-refractivity contribution is 5.90. The molecule has 0 atom stereocenters. The van der Waals surface area contributed by atoms with Gasteiger partial charge in [0.2, 0.25) is 5.89 Å². The van der Waals surface area contributed by atoms with Crippen molar-refractivity contribution in [3.8, 4) is 11.5 Å². The molecule has 7 nitrogen and oxygen atoms in total. The molecule has 2 amide bonds. The molecule has 0 radical (unpaired) electrons. The van der Waals surface area contributed by atoms with Crippen LogP contribution < -0.4 is 5.32 Å². The molecule has 1 saturated heterocycles. The van der Waals surface area contributed by atoms with Crippen molar-refractivity contribution in [2.75, 3.05) is 31.5 Å². The van der Waals surface area contributed by atoms with E-state index in [-0.39, 0.29) is 6.03 Å². The number of anilines is 1. The van der Waals surface area contributed by atoms with Gasteiger partial charge in [-0.05, 0) is 49.7 Å². The monoisotopic (exact) mass is 391 g/mol. The van der Waals surface area contributed by atoms with Crippen LogP contribution >= 0.6 is 0 Å². The van der Waals surface area contributed by atoms with Gasteiger partial charge in [0, 0.05) is 56.4 Å². The molecule has 7 heteroatoms. The van der Waals surface area contributed by atoms with Crippen LogP contribution in [0.3, 0.4) is 0 Å². The maximum absolute atomic E-state index is 12.7. The number of pyridine rings is 1. The Morgan fingerprint density at radius 3 is 2.55 bits per heavy atom. The lowest BCUT2D eigenvalue weighted by atomic mass is 10.2. The number of aromatic nitrogens is 2. The second-order valence-electron chi connectivity index (χ2n) is 7.29. The predicted molar refractivity (Wildman–Crippen MR) is 112 cm³/mol. The van der Waals surface area contributed by atoms with Gasteiger partial charge in [0.25, 0.3) is 0 Å².